The summed E-state index contributed by atoms with van der Waals surface area (Å²) < 4.78 is 2.52. The molecule has 0 saturated carbocycles. The van der Waals surface area contributed by atoms with E-state index in [-0.39, 0.29) is 11.8 Å². The highest BCUT2D eigenvalue weighted by atomic mass is 35.5. The minimum Gasteiger partial charge on any atom is -0.344 e. The maximum atomic E-state index is 12.8. The summed E-state index contributed by atoms with van der Waals surface area (Å²) in [5.41, 5.74) is 0. The van der Waals surface area contributed by atoms with Crippen LogP contribution in [-0.4, -0.2) is 34.2 Å². The Morgan fingerprint density at radius 1 is 1.44 bits per heavy atom. The molecule has 2 aromatic rings. The summed E-state index contributed by atoms with van der Waals surface area (Å²) in [5.74, 6) is 0.627. The maximum Gasteiger partial charge on any atom is 0.250 e. The third kappa shape index (κ3) is 4.22. The zero-order valence-corrected chi connectivity index (χ0v) is 15.6. The van der Waals surface area contributed by atoms with Crippen LogP contribution in [0, 0.1) is 0 Å². The number of hydrogen-bond acceptors (Lipinski definition) is 4. The lowest BCUT2D eigenvalue weighted by atomic mass is 10.0. The van der Waals surface area contributed by atoms with E-state index in [9.17, 15) is 9.59 Å². The molecule has 134 valence electrons. The summed E-state index contributed by atoms with van der Waals surface area (Å²) in [6, 6.07) is 5.14. The largest absolute Gasteiger partial charge is 0.344 e. The number of thiophene rings is 1. The first kappa shape index (κ1) is 17.9. The second kappa shape index (κ2) is 8.01. The molecule has 1 fully saturated rings. The molecule has 8 heteroatoms. The molecule has 0 unspecified atom stereocenters. The van der Waals surface area contributed by atoms with Gasteiger partial charge in [0.05, 0.1) is 10.5 Å². The Bertz CT molecular complexity index is 757. The van der Waals surface area contributed by atoms with Gasteiger partial charge in [0, 0.05) is 30.5 Å². The number of nitrogens with one attached hydrogen (secondary N) is 1. The van der Waals surface area contributed by atoms with Crippen molar-refractivity contribution in [1.82, 2.24) is 15.1 Å². The van der Waals surface area contributed by atoms with E-state index in [4.69, 9.17) is 11.6 Å². The average Bonchev–Trinajstić information content (AvgIpc) is 3.23. The lowest BCUT2D eigenvalue weighted by molar-refractivity contribution is -0.128. The van der Waals surface area contributed by atoms with Crippen LogP contribution in [0.15, 0.2) is 24.4 Å². The van der Waals surface area contributed by atoms with Gasteiger partial charge in [-0.1, -0.05) is 11.6 Å². The molecule has 0 bridgehead atoms. The number of piperidine rings is 1. The molecule has 3 rings (SSSR count). The molecule has 1 atom stereocenters. The van der Waals surface area contributed by atoms with Crippen LogP contribution in [0.2, 0.25) is 4.34 Å². The fraction of sp³-hybridized carbons (Fsp3) is 0.471. The molecule has 0 aliphatic carbocycles. The molecule has 6 nitrogen and oxygen atoms in total. The Hall–Kier alpha value is -1.86. The van der Waals surface area contributed by atoms with Crippen molar-refractivity contribution in [2.45, 2.75) is 45.2 Å². The van der Waals surface area contributed by atoms with E-state index in [0.717, 1.165) is 21.5 Å². The van der Waals surface area contributed by atoms with Gasteiger partial charge >= 0.3 is 0 Å². The van der Waals surface area contributed by atoms with E-state index >= 15 is 0 Å². The number of anilines is 1. The van der Waals surface area contributed by atoms with Crippen molar-refractivity contribution in [3.8, 4) is 0 Å². The van der Waals surface area contributed by atoms with E-state index in [1.807, 2.05) is 25.1 Å². The minimum absolute atomic E-state index is 0.0611. The molecule has 1 N–H and O–H groups in total. The Balaban J connectivity index is 1.58. The first-order valence-electron chi connectivity index (χ1n) is 8.45. The predicted molar refractivity (Wildman–Crippen MR) is 99.1 cm³/mol. The van der Waals surface area contributed by atoms with E-state index in [1.54, 1.807) is 15.8 Å². The van der Waals surface area contributed by atoms with Gasteiger partial charge in [0.25, 0.3) is 5.91 Å². The van der Waals surface area contributed by atoms with Crippen LogP contribution in [0.25, 0.3) is 0 Å². The van der Waals surface area contributed by atoms with Gasteiger partial charge in [0.15, 0.2) is 0 Å². The van der Waals surface area contributed by atoms with Crippen molar-refractivity contribution in [2.75, 3.05) is 11.4 Å². The summed E-state index contributed by atoms with van der Waals surface area (Å²) in [4.78, 5) is 27.8. The topological polar surface area (TPSA) is 67.2 Å². The molecular formula is C17H21ClN4O2S. The quantitative estimate of drug-likeness (QED) is 0.837. The number of aromatic nitrogens is 2. The summed E-state index contributed by atoms with van der Waals surface area (Å²) in [6.07, 6.45) is 4.21. The van der Waals surface area contributed by atoms with Crippen LogP contribution in [0.3, 0.4) is 0 Å². The normalized spacial score (nSPS) is 17.8. The summed E-state index contributed by atoms with van der Waals surface area (Å²) in [7, 11) is 0. The van der Waals surface area contributed by atoms with Crippen molar-refractivity contribution in [3.63, 3.8) is 0 Å². The van der Waals surface area contributed by atoms with Crippen molar-refractivity contribution >= 4 is 40.6 Å². The highest BCUT2D eigenvalue weighted by Crippen LogP contribution is 2.23. The first-order valence-corrected chi connectivity index (χ1v) is 9.64. The second-order valence-electron chi connectivity index (χ2n) is 5.96. The monoisotopic (exact) mass is 380 g/mol. The predicted octanol–water partition coefficient (Wildman–Crippen LogP) is 2.86. The summed E-state index contributed by atoms with van der Waals surface area (Å²) in [5, 5.41) is 7.11. The van der Waals surface area contributed by atoms with Crippen LogP contribution < -0.4 is 10.2 Å². The van der Waals surface area contributed by atoms with E-state index in [0.29, 0.717) is 32.4 Å². The Morgan fingerprint density at radius 2 is 2.28 bits per heavy atom. The Labute approximate surface area is 155 Å². The van der Waals surface area contributed by atoms with Crippen molar-refractivity contribution in [3.05, 3.63) is 33.6 Å². The number of halogens is 1. The third-order valence-corrected chi connectivity index (χ3v) is 5.56. The number of rotatable bonds is 6. The number of aryl methyl sites for hydroxylation is 2. The van der Waals surface area contributed by atoms with Gasteiger partial charge in [-0.05, 0) is 38.3 Å². The van der Waals surface area contributed by atoms with Crippen molar-refractivity contribution in [1.29, 1.82) is 0 Å². The molecule has 25 heavy (non-hydrogen) atoms. The standard InChI is InChI=1S/C17H21ClN4O2S/c1-2-22-16(9-10-19-22)21-11-3-4-13(17(21)24)20-15(23)8-6-12-5-7-14(18)25-12/h5,7,9-10,13H,2-4,6,8,11H2,1H3,(H,20,23)/t13-/m1/s1. The molecule has 2 aromatic heterocycles. The molecule has 2 amide bonds. The Morgan fingerprint density at radius 3 is 3.00 bits per heavy atom. The van der Waals surface area contributed by atoms with Gasteiger partial charge in [-0.25, -0.2) is 4.68 Å². The van der Waals surface area contributed by atoms with Gasteiger partial charge in [-0.3, -0.25) is 14.5 Å². The fourth-order valence-corrected chi connectivity index (χ4v) is 4.11. The number of amides is 2. The van der Waals surface area contributed by atoms with Crippen LogP contribution in [0.1, 0.15) is 31.1 Å². The lowest BCUT2D eigenvalue weighted by Gasteiger charge is -2.32. The SMILES string of the molecule is CCn1nccc1N1CCC[C@@H](NC(=O)CCc2ccc(Cl)s2)C1=O. The lowest BCUT2D eigenvalue weighted by Crippen LogP contribution is -2.53. The van der Waals surface area contributed by atoms with Crippen LogP contribution in [-0.2, 0) is 22.6 Å². The van der Waals surface area contributed by atoms with Crippen LogP contribution in [0.5, 0.6) is 0 Å². The molecule has 1 aliphatic heterocycles. The number of nitrogens with zero attached hydrogens (tertiary/aromatic N) is 3. The van der Waals surface area contributed by atoms with E-state index < -0.39 is 6.04 Å². The second-order valence-corrected chi connectivity index (χ2v) is 7.76. The molecule has 0 spiro atoms. The number of hydrogen-bond donors (Lipinski definition) is 1. The van der Waals surface area contributed by atoms with Crippen LogP contribution >= 0.6 is 22.9 Å². The smallest absolute Gasteiger partial charge is 0.250 e. The maximum absolute atomic E-state index is 12.8. The van der Waals surface area contributed by atoms with Gasteiger partial charge in [-0.2, -0.15) is 5.10 Å². The number of carbonyl (C=O) groups is 2. The summed E-state index contributed by atoms with van der Waals surface area (Å²) >= 11 is 7.38. The molecular weight excluding hydrogens is 360 g/mol. The third-order valence-electron chi connectivity index (χ3n) is 4.27. The van der Waals surface area contributed by atoms with Crippen LogP contribution in [0.4, 0.5) is 5.82 Å². The molecule has 3 heterocycles. The Kier molecular flexibility index (Phi) is 5.75. The van der Waals surface area contributed by atoms with Gasteiger partial charge in [-0.15, -0.1) is 11.3 Å². The zero-order valence-electron chi connectivity index (χ0n) is 14.1. The molecule has 1 saturated heterocycles. The highest BCUT2D eigenvalue weighted by molar-refractivity contribution is 7.16. The first-order chi connectivity index (χ1) is 12.1. The highest BCUT2D eigenvalue weighted by Gasteiger charge is 2.32. The van der Waals surface area contributed by atoms with Crippen molar-refractivity contribution in [2.24, 2.45) is 0 Å². The van der Waals surface area contributed by atoms with Gasteiger partial charge < -0.3 is 5.32 Å². The van der Waals surface area contributed by atoms with Gasteiger partial charge in [0.2, 0.25) is 5.91 Å². The minimum atomic E-state index is -0.464. The molecule has 0 radical (unpaired) electrons. The van der Waals surface area contributed by atoms with Crippen molar-refractivity contribution < 1.29 is 9.59 Å². The molecule has 0 aromatic carbocycles. The summed E-state index contributed by atoms with van der Waals surface area (Å²) in [6.45, 7) is 3.35. The molecule has 1 aliphatic rings. The fourth-order valence-electron chi connectivity index (χ4n) is 3.02. The van der Waals surface area contributed by atoms with E-state index in [2.05, 4.69) is 10.4 Å². The zero-order chi connectivity index (χ0) is 17.8. The van der Waals surface area contributed by atoms with E-state index in [1.165, 1.54) is 11.3 Å². The number of carbonyl (C=O) groups excluding carboxylic acids is 2. The average molecular weight is 381 g/mol. The van der Waals surface area contributed by atoms with Gasteiger partial charge in [0.1, 0.15) is 11.9 Å².